The number of carbonyl (C=O) groups is 1. The summed E-state index contributed by atoms with van der Waals surface area (Å²) in [5, 5.41) is 0. The number of nitrogen functional groups attached to an aromatic ring is 1. The molecular formula is C16H24N2O. The number of benzene rings is 1. The van der Waals surface area contributed by atoms with Gasteiger partial charge >= 0.3 is 0 Å². The van der Waals surface area contributed by atoms with Crippen LogP contribution >= 0.6 is 0 Å². The Morgan fingerprint density at radius 1 is 1.21 bits per heavy atom. The van der Waals surface area contributed by atoms with E-state index in [4.69, 9.17) is 5.73 Å². The van der Waals surface area contributed by atoms with Crippen molar-refractivity contribution < 1.29 is 4.79 Å². The van der Waals surface area contributed by atoms with Crippen LogP contribution in [0.25, 0.3) is 0 Å². The minimum atomic E-state index is 0.231. The van der Waals surface area contributed by atoms with Gasteiger partial charge in [-0.15, -0.1) is 0 Å². The molecule has 0 aromatic heterocycles. The number of nitrogens with two attached hydrogens (primary N) is 1. The van der Waals surface area contributed by atoms with Crippen molar-refractivity contribution in [1.29, 1.82) is 0 Å². The van der Waals surface area contributed by atoms with E-state index in [-0.39, 0.29) is 5.92 Å². The lowest BCUT2D eigenvalue weighted by Gasteiger charge is -2.29. The van der Waals surface area contributed by atoms with Crippen LogP contribution in [-0.2, 0) is 11.3 Å². The predicted octanol–water partition coefficient (Wildman–Crippen LogP) is 3.05. The van der Waals surface area contributed by atoms with Gasteiger partial charge in [0.25, 0.3) is 0 Å². The first kappa shape index (κ1) is 13.9. The average molecular weight is 260 g/mol. The molecule has 0 spiro atoms. The van der Waals surface area contributed by atoms with Crippen LogP contribution in [0.2, 0.25) is 0 Å². The SMILES string of the molecule is CC1CCC(C(=O)N(C)Cc2ccc(N)cc2)CC1. The molecule has 1 saturated carbocycles. The summed E-state index contributed by atoms with van der Waals surface area (Å²) in [5.41, 5.74) is 7.56. The van der Waals surface area contributed by atoms with E-state index < -0.39 is 0 Å². The van der Waals surface area contributed by atoms with E-state index in [9.17, 15) is 4.79 Å². The lowest BCUT2D eigenvalue weighted by Crippen LogP contribution is -2.34. The monoisotopic (exact) mass is 260 g/mol. The smallest absolute Gasteiger partial charge is 0.225 e. The number of hydrogen-bond acceptors (Lipinski definition) is 2. The Morgan fingerprint density at radius 2 is 1.79 bits per heavy atom. The fourth-order valence-electron chi connectivity index (χ4n) is 2.79. The van der Waals surface area contributed by atoms with Crippen molar-refractivity contribution in [2.24, 2.45) is 11.8 Å². The van der Waals surface area contributed by atoms with Crippen LogP contribution in [0.4, 0.5) is 5.69 Å². The van der Waals surface area contributed by atoms with Crippen LogP contribution < -0.4 is 5.73 Å². The molecule has 1 aliphatic rings. The summed E-state index contributed by atoms with van der Waals surface area (Å²) < 4.78 is 0. The molecule has 1 aliphatic carbocycles. The Bertz CT molecular complexity index is 419. The third-order valence-electron chi connectivity index (χ3n) is 4.14. The summed E-state index contributed by atoms with van der Waals surface area (Å²) in [6.45, 7) is 2.95. The van der Waals surface area contributed by atoms with Gasteiger partial charge in [0.1, 0.15) is 0 Å². The average Bonchev–Trinajstić information content (AvgIpc) is 2.41. The summed E-state index contributed by atoms with van der Waals surface area (Å²) in [4.78, 5) is 14.2. The maximum atomic E-state index is 12.4. The molecule has 0 atom stereocenters. The normalized spacial score (nSPS) is 23.1. The molecule has 1 aromatic carbocycles. The van der Waals surface area contributed by atoms with Crippen LogP contribution in [-0.4, -0.2) is 17.9 Å². The summed E-state index contributed by atoms with van der Waals surface area (Å²) in [6.07, 6.45) is 4.47. The second-order valence-corrected chi connectivity index (χ2v) is 5.89. The van der Waals surface area contributed by atoms with Crippen molar-refractivity contribution in [3.63, 3.8) is 0 Å². The lowest BCUT2D eigenvalue weighted by atomic mass is 9.82. The minimum absolute atomic E-state index is 0.231. The number of rotatable bonds is 3. The number of amides is 1. The Labute approximate surface area is 115 Å². The van der Waals surface area contributed by atoms with E-state index >= 15 is 0 Å². The molecule has 0 aliphatic heterocycles. The summed E-state index contributed by atoms with van der Waals surface area (Å²) in [5.74, 6) is 1.31. The fourth-order valence-corrected chi connectivity index (χ4v) is 2.79. The zero-order valence-corrected chi connectivity index (χ0v) is 11.9. The Hall–Kier alpha value is -1.51. The molecular weight excluding hydrogens is 236 g/mol. The van der Waals surface area contributed by atoms with Gasteiger partial charge in [-0.1, -0.05) is 19.1 Å². The van der Waals surface area contributed by atoms with Gasteiger partial charge in [0.2, 0.25) is 5.91 Å². The molecule has 0 heterocycles. The first-order chi connectivity index (χ1) is 9.06. The summed E-state index contributed by atoms with van der Waals surface area (Å²) in [6, 6.07) is 7.75. The van der Waals surface area contributed by atoms with Crippen molar-refractivity contribution in [2.45, 2.75) is 39.2 Å². The molecule has 104 valence electrons. The van der Waals surface area contributed by atoms with E-state index in [1.165, 1.54) is 12.8 Å². The maximum Gasteiger partial charge on any atom is 0.225 e. The highest BCUT2D eigenvalue weighted by Gasteiger charge is 2.26. The quantitative estimate of drug-likeness (QED) is 0.849. The Morgan fingerprint density at radius 3 is 2.37 bits per heavy atom. The Balaban J connectivity index is 1.90. The zero-order chi connectivity index (χ0) is 13.8. The van der Waals surface area contributed by atoms with Gasteiger partial charge in [-0.25, -0.2) is 0 Å². The van der Waals surface area contributed by atoms with E-state index in [1.807, 2.05) is 36.2 Å². The second-order valence-electron chi connectivity index (χ2n) is 5.89. The largest absolute Gasteiger partial charge is 0.399 e. The Kier molecular flexibility index (Phi) is 4.46. The minimum Gasteiger partial charge on any atom is -0.399 e. The van der Waals surface area contributed by atoms with Crippen LogP contribution in [0.1, 0.15) is 38.2 Å². The molecule has 0 saturated heterocycles. The van der Waals surface area contributed by atoms with E-state index in [2.05, 4.69) is 6.92 Å². The molecule has 0 bridgehead atoms. The predicted molar refractivity (Wildman–Crippen MR) is 78.5 cm³/mol. The first-order valence-corrected chi connectivity index (χ1v) is 7.15. The third kappa shape index (κ3) is 3.72. The molecule has 3 heteroatoms. The molecule has 1 aromatic rings. The van der Waals surface area contributed by atoms with Crippen LogP contribution in [0.3, 0.4) is 0 Å². The molecule has 0 unspecified atom stereocenters. The van der Waals surface area contributed by atoms with Crippen LogP contribution in [0.5, 0.6) is 0 Å². The number of nitrogens with zero attached hydrogens (tertiary/aromatic N) is 1. The van der Waals surface area contributed by atoms with Gasteiger partial charge in [0, 0.05) is 25.2 Å². The van der Waals surface area contributed by atoms with Crippen molar-refractivity contribution in [2.75, 3.05) is 12.8 Å². The van der Waals surface area contributed by atoms with Crippen molar-refractivity contribution in [3.05, 3.63) is 29.8 Å². The number of hydrogen-bond donors (Lipinski definition) is 1. The van der Waals surface area contributed by atoms with Crippen molar-refractivity contribution >= 4 is 11.6 Å². The second kappa shape index (κ2) is 6.09. The summed E-state index contributed by atoms with van der Waals surface area (Å²) in [7, 11) is 1.90. The zero-order valence-electron chi connectivity index (χ0n) is 11.9. The highest BCUT2D eigenvalue weighted by Crippen LogP contribution is 2.29. The number of anilines is 1. The summed E-state index contributed by atoms with van der Waals surface area (Å²) >= 11 is 0. The highest BCUT2D eigenvalue weighted by molar-refractivity contribution is 5.78. The van der Waals surface area contributed by atoms with Gasteiger partial charge in [-0.3, -0.25) is 4.79 Å². The molecule has 0 radical (unpaired) electrons. The van der Waals surface area contributed by atoms with E-state index in [1.54, 1.807) is 0 Å². The van der Waals surface area contributed by atoms with Gasteiger partial charge < -0.3 is 10.6 Å². The molecule has 1 fully saturated rings. The number of carbonyl (C=O) groups excluding carboxylic acids is 1. The van der Waals surface area contributed by atoms with Crippen LogP contribution in [0, 0.1) is 11.8 Å². The van der Waals surface area contributed by atoms with E-state index in [0.717, 1.165) is 30.0 Å². The molecule has 3 nitrogen and oxygen atoms in total. The molecule has 2 N–H and O–H groups in total. The lowest BCUT2D eigenvalue weighted by molar-refractivity contribution is -0.136. The first-order valence-electron chi connectivity index (χ1n) is 7.15. The van der Waals surface area contributed by atoms with Crippen LogP contribution in [0.15, 0.2) is 24.3 Å². The molecule has 2 rings (SSSR count). The fraction of sp³-hybridized carbons (Fsp3) is 0.562. The van der Waals surface area contributed by atoms with E-state index in [0.29, 0.717) is 12.5 Å². The van der Waals surface area contributed by atoms with Gasteiger partial charge in [0.15, 0.2) is 0 Å². The van der Waals surface area contributed by atoms with Crippen molar-refractivity contribution in [1.82, 2.24) is 4.90 Å². The third-order valence-corrected chi connectivity index (χ3v) is 4.14. The van der Waals surface area contributed by atoms with Gasteiger partial charge in [-0.2, -0.15) is 0 Å². The van der Waals surface area contributed by atoms with Gasteiger partial charge in [-0.05, 0) is 49.3 Å². The maximum absolute atomic E-state index is 12.4. The highest BCUT2D eigenvalue weighted by atomic mass is 16.2. The molecule has 1 amide bonds. The standard InChI is InChI=1S/C16H24N2O/c1-12-3-7-14(8-4-12)16(19)18(2)11-13-5-9-15(17)10-6-13/h5-6,9-10,12,14H,3-4,7-8,11,17H2,1-2H3. The van der Waals surface area contributed by atoms with Crippen molar-refractivity contribution in [3.8, 4) is 0 Å². The molecule has 19 heavy (non-hydrogen) atoms. The topological polar surface area (TPSA) is 46.3 Å². The van der Waals surface area contributed by atoms with Gasteiger partial charge in [0.05, 0.1) is 0 Å².